The van der Waals surface area contributed by atoms with Gasteiger partial charge in [0.05, 0.1) is 6.54 Å². The quantitative estimate of drug-likeness (QED) is 0.586. The third-order valence-electron chi connectivity index (χ3n) is 4.70. The van der Waals surface area contributed by atoms with Crippen LogP contribution in [0.5, 0.6) is 0 Å². The first-order valence-electron chi connectivity index (χ1n) is 10.3. The van der Waals surface area contributed by atoms with Gasteiger partial charge in [0, 0.05) is 24.2 Å². The van der Waals surface area contributed by atoms with Gasteiger partial charge in [-0.1, -0.05) is 42.0 Å². The summed E-state index contributed by atoms with van der Waals surface area (Å²) in [6.07, 6.45) is 0.907. The van der Waals surface area contributed by atoms with Crippen molar-refractivity contribution in [1.82, 2.24) is 19.9 Å². The SMILES string of the molecule is CC[C@H](C)NC(=O)CN(C)c1nn2c(NC(C)(C)C)c(-c3cccc(C)c3)nc2s1. The third-order valence-corrected chi connectivity index (χ3v) is 5.73. The second-order valence-electron chi connectivity index (χ2n) is 8.87. The predicted molar refractivity (Wildman–Crippen MR) is 126 cm³/mol. The lowest BCUT2D eigenvalue weighted by molar-refractivity contribution is -0.120. The molecule has 8 heteroatoms. The summed E-state index contributed by atoms with van der Waals surface area (Å²) in [6, 6.07) is 8.49. The van der Waals surface area contributed by atoms with Crippen LogP contribution in [0, 0.1) is 6.92 Å². The number of aromatic nitrogens is 3. The van der Waals surface area contributed by atoms with E-state index in [1.54, 1.807) is 0 Å². The summed E-state index contributed by atoms with van der Waals surface area (Å²) in [5.74, 6) is 0.858. The Balaban J connectivity index is 1.95. The number of carbonyl (C=O) groups is 1. The number of imidazole rings is 1. The number of nitrogens with one attached hydrogen (secondary N) is 2. The maximum atomic E-state index is 12.3. The van der Waals surface area contributed by atoms with Gasteiger partial charge in [-0.25, -0.2) is 4.98 Å². The van der Waals surface area contributed by atoms with Gasteiger partial charge >= 0.3 is 0 Å². The second-order valence-corrected chi connectivity index (χ2v) is 9.80. The van der Waals surface area contributed by atoms with Crippen LogP contribution in [0.2, 0.25) is 0 Å². The lowest BCUT2D eigenvalue weighted by Gasteiger charge is -2.22. The zero-order chi connectivity index (χ0) is 22.1. The fourth-order valence-electron chi connectivity index (χ4n) is 3.06. The molecular weight excluding hydrogens is 396 g/mol. The minimum Gasteiger partial charge on any atom is -0.364 e. The highest BCUT2D eigenvalue weighted by Crippen LogP contribution is 2.34. The molecule has 0 bridgehead atoms. The second kappa shape index (κ2) is 8.63. The van der Waals surface area contributed by atoms with Crippen LogP contribution in [0.25, 0.3) is 16.2 Å². The minimum absolute atomic E-state index is 0.00631. The molecule has 2 N–H and O–H groups in total. The summed E-state index contributed by atoms with van der Waals surface area (Å²) in [5, 5.41) is 12.1. The first kappa shape index (κ1) is 22.1. The average molecular weight is 429 g/mol. The van der Waals surface area contributed by atoms with Gasteiger partial charge < -0.3 is 15.5 Å². The van der Waals surface area contributed by atoms with E-state index >= 15 is 0 Å². The van der Waals surface area contributed by atoms with E-state index in [0.29, 0.717) is 0 Å². The topological polar surface area (TPSA) is 74.6 Å². The Kier molecular flexibility index (Phi) is 6.36. The molecule has 1 amide bonds. The maximum absolute atomic E-state index is 12.3. The van der Waals surface area contributed by atoms with Crippen molar-refractivity contribution in [3.8, 4) is 11.3 Å². The fourth-order valence-corrected chi connectivity index (χ4v) is 3.92. The van der Waals surface area contributed by atoms with Crippen LogP contribution in [0.1, 0.15) is 46.6 Å². The van der Waals surface area contributed by atoms with Crippen LogP contribution in [-0.4, -0.2) is 45.7 Å². The highest BCUT2D eigenvalue weighted by molar-refractivity contribution is 7.20. The highest BCUT2D eigenvalue weighted by atomic mass is 32.1. The first-order chi connectivity index (χ1) is 14.1. The summed E-state index contributed by atoms with van der Waals surface area (Å²) >= 11 is 1.48. The molecule has 162 valence electrons. The lowest BCUT2D eigenvalue weighted by atomic mass is 10.1. The fraction of sp³-hybridized carbons (Fsp3) is 0.500. The number of benzene rings is 1. The van der Waals surface area contributed by atoms with Gasteiger partial charge in [-0.3, -0.25) is 4.79 Å². The molecule has 2 heterocycles. The number of anilines is 2. The van der Waals surface area contributed by atoms with E-state index in [4.69, 9.17) is 10.1 Å². The molecule has 3 rings (SSSR count). The van der Waals surface area contributed by atoms with E-state index in [9.17, 15) is 4.79 Å². The Hall–Kier alpha value is -2.61. The number of aryl methyl sites for hydroxylation is 1. The molecule has 1 aromatic carbocycles. The van der Waals surface area contributed by atoms with Crippen molar-refractivity contribution in [2.45, 2.75) is 59.5 Å². The smallest absolute Gasteiger partial charge is 0.239 e. The van der Waals surface area contributed by atoms with Crippen LogP contribution >= 0.6 is 11.3 Å². The monoisotopic (exact) mass is 428 g/mol. The molecule has 0 saturated carbocycles. The van der Waals surface area contributed by atoms with Crippen LogP contribution in [0.15, 0.2) is 24.3 Å². The predicted octanol–water partition coefficient (Wildman–Crippen LogP) is 4.33. The Morgan fingerprint density at radius 1 is 1.33 bits per heavy atom. The zero-order valence-electron chi connectivity index (χ0n) is 18.9. The van der Waals surface area contributed by atoms with Crippen molar-refractivity contribution in [2.24, 2.45) is 0 Å². The summed E-state index contributed by atoms with van der Waals surface area (Å²) in [5.41, 5.74) is 2.98. The molecule has 1 atom stereocenters. The first-order valence-corrected chi connectivity index (χ1v) is 11.1. The van der Waals surface area contributed by atoms with Gasteiger partial charge in [-0.2, -0.15) is 4.52 Å². The molecule has 0 radical (unpaired) electrons. The number of hydrogen-bond acceptors (Lipinski definition) is 6. The largest absolute Gasteiger partial charge is 0.364 e. The molecule has 2 aromatic heterocycles. The number of rotatable bonds is 7. The van der Waals surface area contributed by atoms with E-state index < -0.39 is 0 Å². The summed E-state index contributed by atoms with van der Waals surface area (Å²) in [6.45, 7) is 12.7. The summed E-state index contributed by atoms with van der Waals surface area (Å²) < 4.78 is 1.85. The van der Waals surface area contributed by atoms with Crippen molar-refractivity contribution >= 4 is 33.2 Å². The van der Waals surface area contributed by atoms with E-state index in [1.807, 2.05) is 29.5 Å². The molecule has 0 aliphatic heterocycles. The Morgan fingerprint density at radius 2 is 2.07 bits per heavy atom. The van der Waals surface area contributed by atoms with Gasteiger partial charge in [0.1, 0.15) is 5.69 Å². The van der Waals surface area contributed by atoms with Gasteiger partial charge in [0.2, 0.25) is 16.0 Å². The van der Waals surface area contributed by atoms with E-state index in [2.05, 4.69) is 63.5 Å². The van der Waals surface area contributed by atoms with Crippen LogP contribution < -0.4 is 15.5 Å². The molecule has 0 unspecified atom stereocenters. The van der Waals surface area contributed by atoms with Crippen molar-refractivity contribution in [1.29, 1.82) is 0 Å². The highest BCUT2D eigenvalue weighted by Gasteiger charge is 2.23. The third kappa shape index (κ3) is 5.11. The van der Waals surface area contributed by atoms with Gasteiger partial charge in [0.25, 0.3) is 0 Å². The van der Waals surface area contributed by atoms with Gasteiger partial charge in [-0.05, 0) is 47.1 Å². The van der Waals surface area contributed by atoms with Crippen molar-refractivity contribution < 1.29 is 4.79 Å². The van der Waals surface area contributed by atoms with Gasteiger partial charge in [0.15, 0.2) is 5.82 Å². The van der Waals surface area contributed by atoms with Crippen molar-refractivity contribution in [3.05, 3.63) is 29.8 Å². The lowest BCUT2D eigenvalue weighted by Crippen LogP contribution is -2.39. The molecule has 30 heavy (non-hydrogen) atoms. The number of carbonyl (C=O) groups excluding carboxylic acids is 1. The Bertz CT molecular complexity index is 1030. The molecule has 0 fully saturated rings. The van der Waals surface area contributed by atoms with Crippen LogP contribution in [0.4, 0.5) is 10.9 Å². The normalized spacial score (nSPS) is 12.8. The van der Waals surface area contributed by atoms with E-state index in [-0.39, 0.29) is 24.0 Å². The number of nitrogens with zero attached hydrogens (tertiary/aromatic N) is 4. The number of amides is 1. The van der Waals surface area contributed by atoms with Crippen LogP contribution in [-0.2, 0) is 4.79 Å². The average Bonchev–Trinajstić information content (AvgIpc) is 3.20. The Morgan fingerprint density at radius 3 is 2.70 bits per heavy atom. The molecule has 0 aliphatic rings. The zero-order valence-corrected chi connectivity index (χ0v) is 19.7. The number of hydrogen-bond donors (Lipinski definition) is 2. The summed E-state index contributed by atoms with van der Waals surface area (Å²) in [4.78, 5) is 19.8. The molecule has 3 aromatic rings. The number of fused-ring (bicyclic) bond motifs is 1. The van der Waals surface area contributed by atoms with E-state index in [1.165, 1.54) is 16.9 Å². The molecule has 0 saturated heterocycles. The molecule has 0 aliphatic carbocycles. The maximum Gasteiger partial charge on any atom is 0.239 e. The standard InChI is InChI=1S/C22H32N6OS/c1-8-15(3)23-17(29)13-27(7)21-26-28-19(25-22(4,5)6)18(24-20(28)30-21)16-11-9-10-14(2)12-16/h9-12,15,25H,8,13H2,1-7H3,(H,23,29)/t15-/m0/s1. The number of likely N-dealkylation sites (N-methyl/N-ethyl adjacent to an activating group) is 1. The molecule has 0 spiro atoms. The van der Waals surface area contributed by atoms with Gasteiger partial charge in [-0.15, -0.1) is 5.10 Å². The molecular formula is C22H32N6OS. The van der Waals surface area contributed by atoms with E-state index in [0.717, 1.165) is 33.6 Å². The summed E-state index contributed by atoms with van der Waals surface area (Å²) in [7, 11) is 1.88. The van der Waals surface area contributed by atoms with Crippen LogP contribution in [0.3, 0.4) is 0 Å². The minimum atomic E-state index is -0.152. The van der Waals surface area contributed by atoms with Crippen molar-refractivity contribution in [2.75, 3.05) is 23.8 Å². The molecule has 7 nitrogen and oxygen atoms in total. The van der Waals surface area contributed by atoms with Crippen molar-refractivity contribution in [3.63, 3.8) is 0 Å². The Labute approximate surface area is 182 Å².